The fourth-order valence-electron chi connectivity index (χ4n) is 2.10. The van der Waals surface area contributed by atoms with Crippen LogP contribution in [0.25, 0.3) is 4.96 Å². The van der Waals surface area contributed by atoms with E-state index in [9.17, 15) is 4.79 Å². The Morgan fingerprint density at radius 1 is 1.33 bits per heavy atom. The van der Waals surface area contributed by atoms with Gasteiger partial charge in [0.1, 0.15) is 0 Å². The maximum Gasteiger partial charge on any atom is 0.258 e. The SMILES string of the molecule is Cc1ccc(N)cc1SCc1cc(=O)n2c(C)csc2n1. The number of benzene rings is 1. The molecule has 0 spiro atoms. The summed E-state index contributed by atoms with van der Waals surface area (Å²) in [5.41, 5.74) is 9.46. The van der Waals surface area contributed by atoms with Gasteiger partial charge in [-0.1, -0.05) is 6.07 Å². The van der Waals surface area contributed by atoms with Gasteiger partial charge in [0.15, 0.2) is 4.96 Å². The summed E-state index contributed by atoms with van der Waals surface area (Å²) in [6.45, 7) is 3.97. The number of hydrogen-bond acceptors (Lipinski definition) is 5. The lowest BCUT2D eigenvalue weighted by atomic mass is 10.2. The zero-order valence-electron chi connectivity index (χ0n) is 11.8. The molecule has 6 heteroatoms. The summed E-state index contributed by atoms with van der Waals surface area (Å²) in [7, 11) is 0. The van der Waals surface area contributed by atoms with E-state index in [0.29, 0.717) is 5.75 Å². The van der Waals surface area contributed by atoms with Gasteiger partial charge in [0, 0.05) is 33.5 Å². The lowest BCUT2D eigenvalue weighted by Gasteiger charge is -2.06. The van der Waals surface area contributed by atoms with Gasteiger partial charge in [0.2, 0.25) is 0 Å². The monoisotopic (exact) mass is 317 g/mol. The van der Waals surface area contributed by atoms with Crippen LogP contribution in [0.5, 0.6) is 0 Å². The normalized spacial score (nSPS) is 11.1. The van der Waals surface area contributed by atoms with Gasteiger partial charge in [-0.2, -0.15) is 0 Å². The predicted molar refractivity (Wildman–Crippen MR) is 89.2 cm³/mol. The van der Waals surface area contributed by atoms with Crippen molar-refractivity contribution in [3.05, 3.63) is 57.0 Å². The van der Waals surface area contributed by atoms with Crippen LogP contribution in [-0.4, -0.2) is 9.38 Å². The van der Waals surface area contributed by atoms with Crippen molar-refractivity contribution in [2.24, 2.45) is 0 Å². The Kier molecular flexibility index (Phi) is 3.73. The second kappa shape index (κ2) is 5.54. The van der Waals surface area contributed by atoms with Gasteiger partial charge in [0.25, 0.3) is 5.56 Å². The first-order chi connectivity index (χ1) is 10.0. The van der Waals surface area contributed by atoms with Crippen LogP contribution in [0.15, 0.2) is 39.3 Å². The number of thiazole rings is 1. The highest BCUT2D eigenvalue weighted by Gasteiger charge is 2.07. The standard InChI is InChI=1S/C15H15N3OS2/c1-9-3-4-11(16)5-13(9)20-8-12-6-14(19)18-10(2)7-21-15(18)17-12/h3-7H,8,16H2,1-2H3. The summed E-state index contributed by atoms with van der Waals surface area (Å²) >= 11 is 3.14. The smallest absolute Gasteiger partial charge is 0.258 e. The fraction of sp³-hybridized carbons (Fsp3) is 0.200. The van der Waals surface area contributed by atoms with E-state index in [0.717, 1.165) is 26.9 Å². The van der Waals surface area contributed by atoms with Crippen molar-refractivity contribution in [1.29, 1.82) is 0 Å². The van der Waals surface area contributed by atoms with Gasteiger partial charge in [-0.05, 0) is 31.5 Å². The molecule has 0 bridgehead atoms. The molecule has 0 radical (unpaired) electrons. The van der Waals surface area contributed by atoms with Crippen molar-refractivity contribution in [3.63, 3.8) is 0 Å². The molecule has 0 unspecified atom stereocenters. The van der Waals surface area contributed by atoms with E-state index >= 15 is 0 Å². The molecular formula is C15H15N3OS2. The van der Waals surface area contributed by atoms with E-state index in [4.69, 9.17) is 5.73 Å². The Labute approximate surface area is 130 Å². The van der Waals surface area contributed by atoms with Gasteiger partial charge in [-0.15, -0.1) is 23.1 Å². The minimum atomic E-state index is -0.0151. The molecule has 108 valence electrons. The van der Waals surface area contributed by atoms with Crippen LogP contribution in [0.3, 0.4) is 0 Å². The van der Waals surface area contributed by atoms with E-state index in [2.05, 4.69) is 11.9 Å². The summed E-state index contributed by atoms with van der Waals surface area (Å²) in [5, 5.41) is 1.95. The van der Waals surface area contributed by atoms with E-state index < -0.39 is 0 Å². The number of hydrogen-bond donors (Lipinski definition) is 1. The van der Waals surface area contributed by atoms with Crippen LogP contribution in [0.1, 0.15) is 17.0 Å². The van der Waals surface area contributed by atoms with Gasteiger partial charge >= 0.3 is 0 Å². The molecule has 3 rings (SSSR count). The van der Waals surface area contributed by atoms with Crippen LogP contribution in [0.4, 0.5) is 5.69 Å². The third-order valence-electron chi connectivity index (χ3n) is 3.22. The first-order valence-corrected chi connectivity index (χ1v) is 8.37. The van der Waals surface area contributed by atoms with Crippen LogP contribution in [0, 0.1) is 13.8 Å². The Morgan fingerprint density at radius 3 is 2.95 bits per heavy atom. The molecule has 4 nitrogen and oxygen atoms in total. The van der Waals surface area contributed by atoms with Crippen molar-refractivity contribution in [2.75, 3.05) is 5.73 Å². The predicted octanol–water partition coefficient (Wildman–Crippen LogP) is 3.25. The second-order valence-electron chi connectivity index (χ2n) is 4.89. The van der Waals surface area contributed by atoms with Crippen molar-refractivity contribution >= 4 is 33.7 Å². The first-order valence-electron chi connectivity index (χ1n) is 6.50. The van der Waals surface area contributed by atoms with Crippen molar-refractivity contribution < 1.29 is 0 Å². The molecule has 2 heterocycles. The molecule has 0 saturated carbocycles. The highest BCUT2D eigenvalue weighted by molar-refractivity contribution is 7.98. The zero-order valence-corrected chi connectivity index (χ0v) is 13.4. The number of nitrogens with zero attached hydrogens (tertiary/aromatic N) is 2. The summed E-state index contributed by atoms with van der Waals surface area (Å²) < 4.78 is 1.64. The summed E-state index contributed by atoms with van der Waals surface area (Å²) in [6, 6.07) is 7.47. The van der Waals surface area contributed by atoms with E-state index in [1.165, 1.54) is 16.9 Å². The number of rotatable bonds is 3. The molecule has 0 aliphatic heterocycles. The Hall–Kier alpha value is -1.79. The number of fused-ring (bicyclic) bond motifs is 1. The number of aromatic nitrogens is 2. The lowest BCUT2D eigenvalue weighted by Crippen LogP contribution is -2.14. The third-order valence-corrected chi connectivity index (χ3v) is 5.35. The molecular weight excluding hydrogens is 302 g/mol. The van der Waals surface area contributed by atoms with Gasteiger partial charge in [-0.25, -0.2) is 4.98 Å². The molecule has 0 amide bonds. The van der Waals surface area contributed by atoms with E-state index in [1.54, 1.807) is 22.2 Å². The Balaban J connectivity index is 1.88. The Morgan fingerprint density at radius 2 is 2.14 bits per heavy atom. The molecule has 3 aromatic rings. The van der Waals surface area contributed by atoms with Crippen molar-refractivity contribution in [2.45, 2.75) is 24.5 Å². The van der Waals surface area contributed by atoms with Crippen molar-refractivity contribution in [1.82, 2.24) is 9.38 Å². The average Bonchev–Trinajstić information content (AvgIpc) is 2.82. The van der Waals surface area contributed by atoms with Crippen LogP contribution in [-0.2, 0) is 5.75 Å². The molecule has 21 heavy (non-hydrogen) atoms. The summed E-state index contributed by atoms with van der Waals surface area (Å²) in [4.78, 5) is 18.5. The zero-order chi connectivity index (χ0) is 15.0. The second-order valence-corrected chi connectivity index (χ2v) is 6.75. The van der Waals surface area contributed by atoms with Crippen LogP contribution >= 0.6 is 23.1 Å². The van der Waals surface area contributed by atoms with E-state index in [-0.39, 0.29) is 5.56 Å². The lowest BCUT2D eigenvalue weighted by molar-refractivity contribution is 0.997. The molecule has 0 aliphatic carbocycles. The fourth-order valence-corrected chi connectivity index (χ4v) is 3.96. The first kappa shape index (κ1) is 14.2. The topological polar surface area (TPSA) is 60.4 Å². The highest BCUT2D eigenvalue weighted by atomic mass is 32.2. The number of nitrogen functional groups attached to an aromatic ring is 1. The number of thioether (sulfide) groups is 1. The molecule has 0 saturated heterocycles. The molecule has 2 N–H and O–H groups in total. The van der Waals surface area contributed by atoms with Gasteiger partial charge in [-0.3, -0.25) is 9.20 Å². The average molecular weight is 317 g/mol. The van der Waals surface area contributed by atoms with Gasteiger partial charge in [0.05, 0.1) is 5.69 Å². The largest absolute Gasteiger partial charge is 0.399 e. The van der Waals surface area contributed by atoms with Crippen LogP contribution in [0.2, 0.25) is 0 Å². The number of aryl methyl sites for hydroxylation is 2. The van der Waals surface area contributed by atoms with E-state index in [1.807, 2.05) is 30.5 Å². The minimum Gasteiger partial charge on any atom is -0.399 e. The number of nitrogens with two attached hydrogens (primary N) is 1. The molecule has 0 fully saturated rings. The highest BCUT2D eigenvalue weighted by Crippen LogP contribution is 2.27. The Bertz CT molecular complexity index is 867. The maximum absolute atomic E-state index is 12.1. The van der Waals surface area contributed by atoms with Crippen LogP contribution < -0.4 is 11.3 Å². The van der Waals surface area contributed by atoms with Gasteiger partial charge < -0.3 is 5.73 Å². The number of anilines is 1. The third kappa shape index (κ3) is 2.82. The quantitative estimate of drug-likeness (QED) is 0.595. The molecule has 0 atom stereocenters. The maximum atomic E-state index is 12.1. The minimum absolute atomic E-state index is 0.0151. The van der Waals surface area contributed by atoms with Crippen molar-refractivity contribution in [3.8, 4) is 0 Å². The molecule has 2 aromatic heterocycles. The molecule has 0 aliphatic rings. The molecule has 1 aromatic carbocycles. The summed E-state index contributed by atoms with van der Waals surface area (Å²) in [6.07, 6.45) is 0. The summed E-state index contributed by atoms with van der Waals surface area (Å²) in [5.74, 6) is 0.660.